The number of nitrogens with zero attached hydrogens (tertiary/aromatic N) is 2. The Kier molecular flexibility index (Phi) is 3.97. The number of oxime groups is 1. The van der Waals surface area contributed by atoms with Crippen molar-refractivity contribution in [2.45, 2.75) is 6.18 Å². The number of amidine groups is 1. The molecule has 0 saturated carbocycles. The maximum Gasteiger partial charge on any atom is 0.416 e. The zero-order valence-electron chi connectivity index (χ0n) is 10.5. The number of alkyl halides is 3. The van der Waals surface area contributed by atoms with Crippen LogP contribution in [0.3, 0.4) is 0 Å². The first-order chi connectivity index (χ1) is 9.90. The second kappa shape index (κ2) is 5.70. The topological polar surface area (TPSA) is 80.7 Å². The van der Waals surface area contributed by atoms with E-state index in [1.54, 1.807) is 0 Å². The molecule has 0 amide bonds. The molecular weight excluding hydrogens is 287 g/mol. The molecule has 2 rings (SSSR count). The van der Waals surface area contributed by atoms with E-state index in [4.69, 9.17) is 15.7 Å². The van der Waals surface area contributed by atoms with E-state index < -0.39 is 11.7 Å². The van der Waals surface area contributed by atoms with Crippen LogP contribution in [0, 0.1) is 0 Å². The van der Waals surface area contributed by atoms with E-state index in [-0.39, 0.29) is 17.3 Å². The van der Waals surface area contributed by atoms with Crippen molar-refractivity contribution in [1.82, 2.24) is 4.98 Å². The summed E-state index contributed by atoms with van der Waals surface area (Å²) in [6.07, 6.45) is -3.03. The average molecular weight is 297 g/mol. The Bertz CT molecular complexity index is 654. The van der Waals surface area contributed by atoms with Gasteiger partial charge in [-0.2, -0.15) is 13.2 Å². The highest BCUT2D eigenvalue weighted by molar-refractivity contribution is 5.95. The standard InChI is InChI=1S/C13H10F3N3O2/c14-13(15,16)8-1-3-9(4-2-8)21-10-5-6-18-11(7-10)12(17)19-20/h1-7,20H,(H2,17,19). The predicted octanol–water partition coefficient (Wildman–Crippen LogP) is 2.99. The Labute approximate surface area is 117 Å². The lowest BCUT2D eigenvalue weighted by molar-refractivity contribution is -0.137. The van der Waals surface area contributed by atoms with E-state index in [0.29, 0.717) is 5.75 Å². The number of ether oxygens (including phenoxy) is 1. The number of halogens is 3. The number of pyridine rings is 1. The van der Waals surface area contributed by atoms with Crippen LogP contribution in [0.5, 0.6) is 11.5 Å². The van der Waals surface area contributed by atoms with Gasteiger partial charge in [-0.05, 0) is 30.3 Å². The van der Waals surface area contributed by atoms with Crippen molar-refractivity contribution in [1.29, 1.82) is 0 Å². The lowest BCUT2D eigenvalue weighted by Gasteiger charge is -2.09. The molecule has 0 aliphatic carbocycles. The summed E-state index contributed by atoms with van der Waals surface area (Å²) in [6.45, 7) is 0. The molecule has 2 aromatic rings. The predicted molar refractivity (Wildman–Crippen MR) is 68.3 cm³/mol. The highest BCUT2D eigenvalue weighted by Gasteiger charge is 2.30. The molecule has 0 aliphatic rings. The number of rotatable bonds is 3. The van der Waals surface area contributed by atoms with Crippen LogP contribution < -0.4 is 10.5 Å². The summed E-state index contributed by atoms with van der Waals surface area (Å²) in [5.41, 5.74) is 4.80. The molecule has 0 saturated heterocycles. The van der Waals surface area contributed by atoms with Gasteiger partial charge in [-0.1, -0.05) is 5.16 Å². The largest absolute Gasteiger partial charge is 0.457 e. The van der Waals surface area contributed by atoms with Gasteiger partial charge < -0.3 is 15.7 Å². The first kappa shape index (κ1) is 14.6. The van der Waals surface area contributed by atoms with Crippen molar-refractivity contribution in [3.63, 3.8) is 0 Å². The molecule has 3 N–H and O–H groups in total. The Morgan fingerprint density at radius 3 is 2.38 bits per heavy atom. The van der Waals surface area contributed by atoms with Crippen molar-refractivity contribution in [3.8, 4) is 11.5 Å². The van der Waals surface area contributed by atoms with E-state index in [1.165, 1.54) is 30.5 Å². The van der Waals surface area contributed by atoms with E-state index in [2.05, 4.69) is 10.1 Å². The zero-order chi connectivity index (χ0) is 15.5. The van der Waals surface area contributed by atoms with Crippen LogP contribution in [0.15, 0.2) is 47.8 Å². The monoisotopic (exact) mass is 297 g/mol. The molecule has 0 unspecified atom stereocenters. The number of benzene rings is 1. The quantitative estimate of drug-likeness (QED) is 0.395. The summed E-state index contributed by atoms with van der Waals surface area (Å²) in [7, 11) is 0. The molecule has 110 valence electrons. The minimum Gasteiger partial charge on any atom is -0.457 e. The Balaban J connectivity index is 2.19. The van der Waals surface area contributed by atoms with Crippen LogP contribution in [0.1, 0.15) is 11.3 Å². The highest BCUT2D eigenvalue weighted by Crippen LogP contribution is 2.31. The van der Waals surface area contributed by atoms with Gasteiger partial charge in [0.2, 0.25) is 0 Å². The van der Waals surface area contributed by atoms with Gasteiger partial charge in [0.1, 0.15) is 17.2 Å². The van der Waals surface area contributed by atoms with E-state index in [0.717, 1.165) is 12.1 Å². The smallest absolute Gasteiger partial charge is 0.416 e. The summed E-state index contributed by atoms with van der Waals surface area (Å²) in [6, 6.07) is 7.12. The lowest BCUT2D eigenvalue weighted by Crippen LogP contribution is -2.14. The summed E-state index contributed by atoms with van der Waals surface area (Å²) in [4.78, 5) is 3.85. The Hall–Kier alpha value is -2.77. The number of aromatic nitrogens is 1. The average Bonchev–Trinajstić information content (AvgIpc) is 2.46. The second-order valence-electron chi connectivity index (χ2n) is 3.99. The molecule has 0 bridgehead atoms. The number of nitrogens with two attached hydrogens (primary N) is 1. The molecule has 0 aliphatic heterocycles. The molecule has 5 nitrogen and oxygen atoms in total. The Morgan fingerprint density at radius 2 is 1.81 bits per heavy atom. The lowest BCUT2D eigenvalue weighted by atomic mass is 10.2. The van der Waals surface area contributed by atoms with Gasteiger partial charge in [0.15, 0.2) is 5.84 Å². The van der Waals surface area contributed by atoms with Crippen molar-refractivity contribution < 1.29 is 23.1 Å². The van der Waals surface area contributed by atoms with Crippen LogP contribution in [0.25, 0.3) is 0 Å². The van der Waals surface area contributed by atoms with Crippen molar-refractivity contribution >= 4 is 5.84 Å². The molecular formula is C13H10F3N3O2. The molecule has 21 heavy (non-hydrogen) atoms. The molecule has 0 atom stereocenters. The summed E-state index contributed by atoms with van der Waals surface area (Å²) >= 11 is 0. The molecule has 0 fully saturated rings. The van der Waals surface area contributed by atoms with Gasteiger partial charge >= 0.3 is 6.18 Å². The number of hydrogen-bond acceptors (Lipinski definition) is 4. The van der Waals surface area contributed by atoms with Crippen molar-refractivity contribution in [2.75, 3.05) is 0 Å². The van der Waals surface area contributed by atoms with Gasteiger partial charge in [-0.25, -0.2) is 0 Å². The van der Waals surface area contributed by atoms with E-state index >= 15 is 0 Å². The molecule has 0 radical (unpaired) electrons. The summed E-state index contributed by atoms with van der Waals surface area (Å²) in [5.74, 6) is 0.318. The fourth-order valence-corrected chi connectivity index (χ4v) is 1.51. The van der Waals surface area contributed by atoms with Crippen molar-refractivity contribution in [3.05, 3.63) is 53.9 Å². The summed E-state index contributed by atoms with van der Waals surface area (Å²) in [5, 5.41) is 11.3. The summed E-state index contributed by atoms with van der Waals surface area (Å²) < 4.78 is 42.7. The van der Waals surface area contributed by atoms with E-state index in [9.17, 15) is 13.2 Å². The second-order valence-corrected chi connectivity index (χ2v) is 3.99. The third-order valence-electron chi connectivity index (χ3n) is 2.52. The van der Waals surface area contributed by atoms with Gasteiger partial charge in [0, 0.05) is 12.3 Å². The van der Waals surface area contributed by atoms with Gasteiger partial charge in [0.25, 0.3) is 0 Å². The van der Waals surface area contributed by atoms with Gasteiger partial charge in [0.05, 0.1) is 5.56 Å². The Morgan fingerprint density at radius 1 is 1.14 bits per heavy atom. The fourth-order valence-electron chi connectivity index (χ4n) is 1.51. The molecule has 1 aromatic carbocycles. The third-order valence-corrected chi connectivity index (χ3v) is 2.52. The normalized spacial score (nSPS) is 12.2. The van der Waals surface area contributed by atoms with Crippen molar-refractivity contribution in [2.24, 2.45) is 10.9 Å². The van der Waals surface area contributed by atoms with Crippen LogP contribution in [0.4, 0.5) is 13.2 Å². The first-order valence-electron chi connectivity index (χ1n) is 5.69. The van der Waals surface area contributed by atoms with Crippen LogP contribution in [0.2, 0.25) is 0 Å². The van der Waals surface area contributed by atoms with Gasteiger partial charge in [-0.3, -0.25) is 4.98 Å². The van der Waals surface area contributed by atoms with Crippen LogP contribution in [-0.4, -0.2) is 16.0 Å². The molecule has 0 spiro atoms. The minimum absolute atomic E-state index is 0.182. The van der Waals surface area contributed by atoms with Crippen LogP contribution in [-0.2, 0) is 6.18 Å². The fraction of sp³-hybridized carbons (Fsp3) is 0.0769. The molecule has 8 heteroatoms. The maximum absolute atomic E-state index is 12.4. The van der Waals surface area contributed by atoms with Crippen LogP contribution >= 0.6 is 0 Å². The third kappa shape index (κ3) is 3.62. The number of hydrogen-bond donors (Lipinski definition) is 2. The maximum atomic E-state index is 12.4. The zero-order valence-corrected chi connectivity index (χ0v) is 10.5. The van der Waals surface area contributed by atoms with Gasteiger partial charge in [-0.15, -0.1) is 0 Å². The molecule has 1 heterocycles. The highest BCUT2D eigenvalue weighted by atomic mass is 19.4. The molecule has 1 aromatic heterocycles. The van der Waals surface area contributed by atoms with E-state index in [1.807, 2.05) is 0 Å². The first-order valence-corrected chi connectivity index (χ1v) is 5.69. The SMILES string of the molecule is NC(=NO)c1cc(Oc2ccc(C(F)(F)F)cc2)ccn1. The minimum atomic E-state index is -4.39.